The van der Waals surface area contributed by atoms with Gasteiger partial charge in [0.25, 0.3) is 0 Å². The van der Waals surface area contributed by atoms with E-state index < -0.39 is 0 Å². The molecule has 0 spiro atoms. The largest absolute Gasteiger partial charge is 0.373 e. The van der Waals surface area contributed by atoms with Gasteiger partial charge in [-0.25, -0.2) is 4.98 Å². The SMILES string of the molecule is CCc1cc2cccc(C(C)C)c2nc1NC. The van der Waals surface area contributed by atoms with Crippen LogP contribution in [0.2, 0.25) is 0 Å². The Morgan fingerprint density at radius 2 is 2.06 bits per heavy atom. The molecular weight excluding hydrogens is 208 g/mol. The van der Waals surface area contributed by atoms with Crippen molar-refractivity contribution in [2.45, 2.75) is 33.1 Å². The quantitative estimate of drug-likeness (QED) is 0.860. The standard InChI is InChI=1S/C15H20N2/c1-5-11-9-12-7-6-8-13(10(2)3)14(12)17-15(11)16-4/h6-10H,5H2,1-4H3,(H,16,17). The van der Waals surface area contributed by atoms with Crippen LogP contribution in [0.15, 0.2) is 24.3 Å². The third-order valence-corrected chi connectivity index (χ3v) is 3.20. The molecule has 2 nitrogen and oxygen atoms in total. The summed E-state index contributed by atoms with van der Waals surface area (Å²) in [4.78, 5) is 4.77. The number of para-hydroxylation sites is 1. The lowest BCUT2D eigenvalue weighted by Crippen LogP contribution is -2.00. The van der Waals surface area contributed by atoms with Gasteiger partial charge in [-0.1, -0.05) is 39.0 Å². The molecule has 0 atom stereocenters. The molecule has 2 aromatic rings. The van der Waals surface area contributed by atoms with Crippen molar-refractivity contribution in [1.29, 1.82) is 0 Å². The molecule has 1 heterocycles. The van der Waals surface area contributed by atoms with E-state index in [9.17, 15) is 0 Å². The first kappa shape index (κ1) is 11.9. The van der Waals surface area contributed by atoms with Crippen molar-refractivity contribution in [2.75, 3.05) is 12.4 Å². The number of fused-ring (bicyclic) bond motifs is 1. The van der Waals surface area contributed by atoms with Gasteiger partial charge in [-0.2, -0.15) is 0 Å². The zero-order valence-electron chi connectivity index (χ0n) is 11.0. The van der Waals surface area contributed by atoms with Crippen molar-refractivity contribution < 1.29 is 0 Å². The van der Waals surface area contributed by atoms with Crippen LogP contribution in [0.1, 0.15) is 37.8 Å². The molecule has 1 N–H and O–H groups in total. The Labute approximate surface area is 103 Å². The van der Waals surface area contributed by atoms with Crippen LogP contribution in [0.3, 0.4) is 0 Å². The van der Waals surface area contributed by atoms with Gasteiger partial charge in [-0.3, -0.25) is 0 Å². The number of nitrogens with one attached hydrogen (secondary N) is 1. The fourth-order valence-corrected chi connectivity index (χ4v) is 2.22. The van der Waals surface area contributed by atoms with E-state index in [1.807, 2.05) is 7.05 Å². The maximum Gasteiger partial charge on any atom is 0.129 e. The molecule has 17 heavy (non-hydrogen) atoms. The highest BCUT2D eigenvalue weighted by molar-refractivity contribution is 5.85. The number of aromatic nitrogens is 1. The normalized spacial score (nSPS) is 11.1. The predicted molar refractivity (Wildman–Crippen MR) is 74.8 cm³/mol. The van der Waals surface area contributed by atoms with Gasteiger partial charge in [0.1, 0.15) is 5.82 Å². The van der Waals surface area contributed by atoms with Crippen LogP contribution in [0.25, 0.3) is 10.9 Å². The average molecular weight is 228 g/mol. The first-order valence-corrected chi connectivity index (χ1v) is 6.27. The summed E-state index contributed by atoms with van der Waals surface area (Å²) in [7, 11) is 1.94. The van der Waals surface area contributed by atoms with Gasteiger partial charge in [0.15, 0.2) is 0 Å². The first-order valence-electron chi connectivity index (χ1n) is 6.27. The molecule has 0 aliphatic heterocycles. The molecule has 0 amide bonds. The van der Waals surface area contributed by atoms with Crippen LogP contribution >= 0.6 is 0 Å². The summed E-state index contributed by atoms with van der Waals surface area (Å²) in [5.41, 5.74) is 3.73. The second-order valence-electron chi connectivity index (χ2n) is 4.67. The molecule has 0 radical (unpaired) electrons. The number of anilines is 1. The molecule has 0 aliphatic carbocycles. The summed E-state index contributed by atoms with van der Waals surface area (Å²) in [6.07, 6.45) is 1.00. The monoisotopic (exact) mass is 228 g/mol. The van der Waals surface area contributed by atoms with Crippen LogP contribution < -0.4 is 5.32 Å². The van der Waals surface area contributed by atoms with E-state index in [2.05, 4.69) is 50.4 Å². The third-order valence-electron chi connectivity index (χ3n) is 3.20. The van der Waals surface area contributed by atoms with E-state index in [4.69, 9.17) is 4.98 Å². The Bertz CT molecular complexity index is 530. The maximum atomic E-state index is 4.77. The van der Waals surface area contributed by atoms with Crippen LogP contribution in [0, 0.1) is 0 Å². The van der Waals surface area contributed by atoms with E-state index in [0.29, 0.717) is 5.92 Å². The zero-order valence-corrected chi connectivity index (χ0v) is 11.0. The number of hydrogen-bond acceptors (Lipinski definition) is 2. The van der Waals surface area contributed by atoms with Crippen LogP contribution in [0.4, 0.5) is 5.82 Å². The zero-order chi connectivity index (χ0) is 12.4. The van der Waals surface area contributed by atoms with Crippen LogP contribution in [-0.4, -0.2) is 12.0 Å². The molecule has 0 unspecified atom stereocenters. The predicted octanol–water partition coefficient (Wildman–Crippen LogP) is 3.96. The molecule has 90 valence electrons. The van der Waals surface area contributed by atoms with Crippen LogP contribution in [-0.2, 0) is 6.42 Å². The molecule has 2 rings (SSSR count). The molecule has 0 aliphatic rings. The summed E-state index contributed by atoms with van der Waals surface area (Å²) in [5, 5.41) is 4.44. The Kier molecular flexibility index (Phi) is 3.32. The van der Waals surface area contributed by atoms with E-state index in [-0.39, 0.29) is 0 Å². The second kappa shape index (κ2) is 4.74. The number of nitrogens with zero attached hydrogens (tertiary/aromatic N) is 1. The van der Waals surface area contributed by atoms with E-state index in [0.717, 1.165) is 17.8 Å². The van der Waals surface area contributed by atoms with Gasteiger partial charge >= 0.3 is 0 Å². The maximum absolute atomic E-state index is 4.77. The smallest absolute Gasteiger partial charge is 0.129 e. The molecule has 1 aromatic heterocycles. The molecule has 1 aromatic carbocycles. The van der Waals surface area contributed by atoms with Crippen molar-refractivity contribution in [3.63, 3.8) is 0 Å². The average Bonchev–Trinajstić information content (AvgIpc) is 2.35. The fraction of sp³-hybridized carbons (Fsp3) is 0.400. The molecule has 0 saturated carbocycles. The summed E-state index contributed by atoms with van der Waals surface area (Å²) in [6.45, 7) is 6.59. The van der Waals surface area contributed by atoms with Crippen molar-refractivity contribution >= 4 is 16.7 Å². The number of hydrogen-bond donors (Lipinski definition) is 1. The molecule has 0 bridgehead atoms. The topological polar surface area (TPSA) is 24.9 Å². The Morgan fingerprint density at radius 3 is 2.65 bits per heavy atom. The van der Waals surface area contributed by atoms with E-state index >= 15 is 0 Å². The number of aryl methyl sites for hydroxylation is 1. The Morgan fingerprint density at radius 1 is 1.29 bits per heavy atom. The van der Waals surface area contributed by atoms with Crippen molar-refractivity contribution in [2.24, 2.45) is 0 Å². The lowest BCUT2D eigenvalue weighted by molar-refractivity contribution is 0.872. The Hall–Kier alpha value is -1.57. The van der Waals surface area contributed by atoms with E-state index in [1.54, 1.807) is 0 Å². The van der Waals surface area contributed by atoms with E-state index in [1.165, 1.54) is 16.5 Å². The first-order chi connectivity index (χ1) is 8.17. The minimum absolute atomic E-state index is 0.503. The van der Waals surface area contributed by atoms with Gasteiger partial charge in [-0.15, -0.1) is 0 Å². The van der Waals surface area contributed by atoms with Crippen molar-refractivity contribution in [3.8, 4) is 0 Å². The van der Waals surface area contributed by atoms with Crippen molar-refractivity contribution in [1.82, 2.24) is 4.98 Å². The Balaban J connectivity index is 2.73. The summed E-state index contributed by atoms with van der Waals surface area (Å²) in [5.74, 6) is 1.51. The summed E-state index contributed by atoms with van der Waals surface area (Å²) in [6, 6.07) is 8.69. The molecule has 0 fully saturated rings. The number of pyridine rings is 1. The molecule has 2 heteroatoms. The lowest BCUT2D eigenvalue weighted by Gasteiger charge is -2.13. The van der Waals surface area contributed by atoms with Gasteiger partial charge in [0.05, 0.1) is 5.52 Å². The van der Waals surface area contributed by atoms with Gasteiger partial charge < -0.3 is 5.32 Å². The van der Waals surface area contributed by atoms with Gasteiger partial charge in [0, 0.05) is 12.4 Å². The summed E-state index contributed by atoms with van der Waals surface area (Å²) >= 11 is 0. The highest BCUT2D eigenvalue weighted by Crippen LogP contribution is 2.27. The molecule has 0 saturated heterocycles. The summed E-state index contributed by atoms with van der Waals surface area (Å²) < 4.78 is 0. The van der Waals surface area contributed by atoms with Crippen molar-refractivity contribution in [3.05, 3.63) is 35.4 Å². The fourth-order valence-electron chi connectivity index (χ4n) is 2.22. The number of benzene rings is 1. The highest BCUT2D eigenvalue weighted by atomic mass is 15.0. The second-order valence-corrected chi connectivity index (χ2v) is 4.67. The molecular formula is C15H20N2. The lowest BCUT2D eigenvalue weighted by atomic mass is 9.98. The minimum Gasteiger partial charge on any atom is -0.373 e. The van der Waals surface area contributed by atoms with Gasteiger partial charge in [-0.05, 0) is 29.5 Å². The number of rotatable bonds is 3. The van der Waals surface area contributed by atoms with Gasteiger partial charge in [0.2, 0.25) is 0 Å². The third kappa shape index (κ3) is 2.12. The van der Waals surface area contributed by atoms with Crippen LogP contribution in [0.5, 0.6) is 0 Å². The minimum atomic E-state index is 0.503. The highest BCUT2D eigenvalue weighted by Gasteiger charge is 2.09.